The second-order valence-corrected chi connectivity index (χ2v) is 8.26. The van der Waals surface area contributed by atoms with E-state index in [0.29, 0.717) is 11.3 Å². The molecule has 0 heterocycles. The van der Waals surface area contributed by atoms with Gasteiger partial charge in [-0.3, -0.25) is 4.79 Å². The molecule has 170 valence electrons. The van der Waals surface area contributed by atoms with E-state index in [0.717, 1.165) is 16.8 Å². The fourth-order valence-electron chi connectivity index (χ4n) is 4.30. The number of para-hydroxylation sites is 1. The van der Waals surface area contributed by atoms with Gasteiger partial charge < -0.3 is 19.9 Å². The number of nitrogens with one attached hydrogen (secondary N) is 1. The molecule has 2 N–H and O–H groups in total. The maximum atomic E-state index is 13.2. The lowest BCUT2D eigenvalue weighted by molar-refractivity contribution is -0.159. The van der Waals surface area contributed by atoms with Crippen molar-refractivity contribution in [2.75, 3.05) is 18.5 Å². The summed E-state index contributed by atoms with van der Waals surface area (Å²) in [5, 5.41) is 14.8. The van der Waals surface area contributed by atoms with Crippen LogP contribution in [0.1, 0.15) is 44.2 Å². The number of aryl methyl sites for hydroxylation is 1. The fourth-order valence-corrected chi connectivity index (χ4v) is 4.30. The first-order valence-electron chi connectivity index (χ1n) is 11.0. The molecule has 0 spiro atoms. The molecule has 0 amide bonds. The Labute approximate surface area is 189 Å². The summed E-state index contributed by atoms with van der Waals surface area (Å²) in [5.74, 6) is -2.75. The maximum absolute atomic E-state index is 13.2. The number of ether oxygens (including phenoxy) is 2. The van der Waals surface area contributed by atoms with E-state index >= 15 is 0 Å². The van der Waals surface area contributed by atoms with E-state index in [9.17, 15) is 14.7 Å². The lowest BCUT2D eigenvalue weighted by Crippen LogP contribution is -2.49. The summed E-state index contributed by atoms with van der Waals surface area (Å²) >= 11 is 0. The van der Waals surface area contributed by atoms with Crippen LogP contribution < -0.4 is 5.32 Å². The monoisotopic (exact) mass is 437 g/mol. The minimum atomic E-state index is -1.45. The Bertz CT molecular complexity index is 979. The van der Waals surface area contributed by atoms with Gasteiger partial charge in [0.05, 0.1) is 30.3 Å². The van der Waals surface area contributed by atoms with Gasteiger partial charge in [0.15, 0.2) is 0 Å². The summed E-state index contributed by atoms with van der Waals surface area (Å²) in [5.41, 5.74) is 1.99. The quantitative estimate of drug-likeness (QED) is 0.627. The van der Waals surface area contributed by atoms with E-state index in [1.165, 1.54) is 0 Å². The zero-order valence-electron chi connectivity index (χ0n) is 19.1. The van der Waals surface area contributed by atoms with Crippen LogP contribution in [0.5, 0.6) is 0 Å². The third-order valence-corrected chi connectivity index (χ3v) is 5.72. The smallest absolute Gasteiger partial charge is 0.336 e. The number of carbonyl (C=O) groups excluding carboxylic acids is 2. The zero-order chi connectivity index (χ0) is 23.3. The Balaban J connectivity index is 2.23. The number of hydrogen-bond donors (Lipinski definition) is 2. The van der Waals surface area contributed by atoms with Crippen LogP contribution in [-0.2, 0) is 19.1 Å². The summed E-state index contributed by atoms with van der Waals surface area (Å²) in [6.07, 6.45) is 0.0713. The predicted octanol–water partition coefficient (Wildman–Crippen LogP) is 4.34. The topological polar surface area (TPSA) is 84.9 Å². The van der Waals surface area contributed by atoms with Crippen LogP contribution >= 0.6 is 0 Å². The first-order chi connectivity index (χ1) is 15.3. The molecule has 3 atom stereocenters. The summed E-state index contributed by atoms with van der Waals surface area (Å²) in [6, 6.07) is 17.0. The van der Waals surface area contributed by atoms with Gasteiger partial charge in [0.1, 0.15) is 0 Å². The summed E-state index contributed by atoms with van der Waals surface area (Å²) < 4.78 is 10.8. The van der Waals surface area contributed by atoms with Crippen LogP contribution in [0, 0.1) is 12.8 Å². The van der Waals surface area contributed by atoms with Crippen molar-refractivity contribution in [2.45, 2.75) is 45.6 Å². The van der Waals surface area contributed by atoms with Gasteiger partial charge in [-0.15, -0.1) is 0 Å². The van der Waals surface area contributed by atoms with Gasteiger partial charge in [0.2, 0.25) is 0 Å². The largest absolute Gasteiger partial charge is 0.466 e. The van der Waals surface area contributed by atoms with E-state index in [1.54, 1.807) is 20.8 Å². The number of carbonyl (C=O) groups is 2. The predicted molar refractivity (Wildman–Crippen MR) is 123 cm³/mol. The highest BCUT2D eigenvalue weighted by Crippen LogP contribution is 2.48. The van der Waals surface area contributed by atoms with Crippen molar-refractivity contribution in [3.8, 4) is 0 Å². The number of hydrogen-bond acceptors (Lipinski definition) is 6. The average Bonchev–Trinajstić information content (AvgIpc) is 2.74. The van der Waals surface area contributed by atoms with Crippen LogP contribution in [-0.4, -0.2) is 35.9 Å². The molecular weight excluding hydrogens is 406 g/mol. The van der Waals surface area contributed by atoms with E-state index in [-0.39, 0.29) is 19.6 Å². The molecule has 0 fully saturated rings. The van der Waals surface area contributed by atoms with Crippen molar-refractivity contribution in [1.29, 1.82) is 0 Å². The second-order valence-electron chi connectivity index (χ2n) is 8.26. The zero-order valence-corrected chi connectivity index (χ0v) is 19.1. The molecule has 0 aliphatic heterocycles. The molecule has 6 heteroatoms. The lowest BCUT2D eigenvalue weighted by Gasteiger charge is -2.43. The van der Waals surface area contributed by atoms with Crippen molar-refractivity contribution in [3.05, 3.63) is 77.0 Å². The highest BCUT2D eigenvalue weighted by Gasteiger charge is 2.52. The molecule has 0 bridgehead atoms. The van der Waals surface area contributed by atoms with Crippen molar-refractivity contribution >= 4 is 17.6 Å². The summed E-state index contributed by atoms with van der Waals surface area (Å²) in [7, 11) is 0. The van der Waals surface area contributed by atoms with Crippen molar-refractivity contribution in [3.63, 3.8) is 0 Å². The molecule has 0 radical (unpaired) electrons. The fraction of sp³-hybridized carbons (Fsp3) is 0.385. The van der Waals surface area contributed by atoms with E-state index in [1.807, 2.05) is 61.5 Å². The number of aliphatic hydroxyl groups is 1. The van der Waals surface area contributed by atoms with Crippen LogP contribution in [0.2, 0.25) is 0 Å². The van der Waals surface area contributed by atoms with Gasteiger partial charge >= 0.3 is 11.9 Å². The molecule has 2 aromatic rings. The van der Waals surface area contributed by atoms with Crippen LogP contribution in [0.4, 0.5) is 5.69 Å². The molecular formula is C26H31NO5. The van der Waals surface area contributed by atoms with Gasteiger partial charge in [-0.1, -0.05) is 48.0 Å². The Hall–Kier alpha value is -3.12. The molecule has 0 saturated carbocycles. The van der Waals surface area contributed by atoms with Crippen LogP contribution in [0.25, 0.3) is 0 Å². The first-order valence-corrected chi connectivity index (χ1v) is 11.0. The molecule has 2 aromatic carbocycles. The SMILES string of the molecule is CCOC(=O)C1=C(Nc2ccccc2)CC(C)(O)C(C(=O)OCC)C1c1ccc(C)cc1. The third kappa shape index (κ3) is 5.02. The van der Waals surface area contributed by atoms with Crippen LogP contribution in [0.15, 0.2) is 65.9 Å². The van der Waals surface area contributed by atoms with E-state index in [4.69, 9.17) is 9.47 Å². The summed E-state index contributed by atoms with van der Waals surface area (Å²) in [4.78, 5) is 26.3. The van der Waals surface area contributed by atoms with E-state index in [2.05, 4.69) is 5.32 Å². The number of esters is 2. The molecule has 0 saturated heterocycles. The molecule has 1 aliphatic rings. The van der Waals surface area contributed by atoms with Crippen LogP contribution in [0.3, 0.4) is 0 Å². The highest BCUT2D eigenvalue weighted by molar-refractivity contribution is 5.94. The van der Waals surface area contributed by atoms with Gasteiger partial charge in [-0.05, 0) is 45.4 Å². The third-order valence-electron chi connectivity index (χ3n) is 5.72. The Morgan fingerprint density at radius 3 is 2.25 bits per heavy atom. The van der Waals surface area contributed by atoms with Gasteiger partial charge in [0, 0.05) is 23.7 Å². The second kappa shape index (κ2) is 10.0. The lowest BCUT2D eigenvalue weighted by atomic mass is 9.65. The Kier molecular flexibility index (Phi) is 7.36. The molecule has 3 unspecified atom stereocenters. The van der Waals surface area contributed by atoms with Gasteiger partial charge in [0.25, 0.3) is 0 Å². The Morgan fingerprint density at radius 2 is 1.66 bits per heavy atom. The van der Waals surface area contributed by atoms with Gasteiger partial charge in [-0.2, -0.15) is 0 Å². The Morgan fingerprint density at radius 1 is 1.03 bits per heavy atom. The molecule has 1 aliphatic carbocycles. The highest BCUT2D eigenvalue weighted by atomic mass is 16.5. The van der Waals surface area contributed by atoms with Crippen molar-refractivity contribution < 1.29 is 24.2 Å². The van der Waals surface area contributed by atoms with Crippen molar-refractivity contribution in [2.24, 2.45) is 5.92 Å². The molecule has 6 nitrogen and oxygen atoms in total. The minimum absolute atomic E-state index is 0.0713. The van der Waals surface area contributed by atoms with Gasteiger partial charge in [-0.25, -0.2) is 4.79 Å². The maximum Gasteiger partial charge on any atom is 0.336 e. The minimum Gasteiger partial charge on any atom is -0.466 e. The molecule has 32 heavy (non-hydrogen) atoms. The standard InChI is InChI=1S/C26H31NO5/c1-5-31-24(28)22-20(27-19-10-8-7-9-11-19)16-26(4,30)23(25(29)32-6-2)21(22)18-14-12-17(3)13-15-18/h7-15,21,23,27,30H,5-6,16H2,1-4H3. The first kappa shape index (κ1) is 23.5. The number of benzene rings is 2. The number of rotatable bonds is 7. The molecule has 0 aromatic heterocycles. The summed E-state index contributed by atoms with van der Waals surface area (Å²) in [6.45, 7) is 7.42. The van der Waals surface area contributed by atoms with E-state index < -0.39 is 29.4 Å². The van der Waals surface area contributed by atoms with Crippen molar-refractivity contribution in [1.82, 2.24) is 0 Å². The normalized spacial score (nSPS) is 22.9. The average molecular weight is 438 g/mol. The molecule has 3 rings (SSSR count). The number of anilines is 1.